The second-order valence-electron chi connectivity index (χ2n) is 6.19. The Balaban J connectivity index is 2.73. The van der Waals surface area contributed by atoms with Crippen LogP contribution in [0.25, 0.3) is 0 Å². The molecule has 0 fully saturated rings. The normalized spacial score (nSPS) is 15.1. The molecule has 1 aromatic rings. The second-order valence-corrected chi connectivity index (χ2v) is 6.19. The monoisotopic (exact) mass is 263 g/mol. The summed E-state index contributed by atoms with van der Waals surface area (Å²) >= 11 is 0. The van der Waals surface area contributed by atoms with Gasteiger partial charge >= 0.3 is 0 Å². The van der Waals surface area contributed by atoms with Crippen molar-refractivity contribution in [2.75, 3.05) is 6.54 Å². The summed E-state index contributed by atoms with van der Waals surface area (Å²) in [7, 11) is 0. The number of nitrogens with one attached hydrogen (secondary N) is 1. The highest BCUT2D eigenvalue weighted by atomic mass is 16.3. The summed E-state index contributed by atoms with van der Waals surface area (Å²) in [5.74, 6) is 0.0206. The molecule has 0 bridgehead atoms. The summed E-state index contributed by atoms with van der Waals surface area (Å²) in [6.07, 6.45) is 0. The summed E-state index contributed by atoms with van der Waals surface area (Å²) in [5.41, 5.74) is -0.520. The SMILES string of the molecule is CC(C)C(C)(O)CNC(=O)C(C)(C)c1ccccc1. The summed E-state index contributed by atoms with van der Waals surface area (Å²) < 4.78 is 0. The molecule has 1 amide bonds. The third kappa shape index (κ3) is 3.80. The Morgan fingerprint density at radius 1 is 1.21 bits per heavy atom. The Kier molecular flexibility index (Phi) is 4.75. The van der Waals surface area contributed by atoms with Gasteiger partial charge in [-0.25, -0.2) is 0 Å². The Morgan fingerprint density at radius 3 is 2.21 bits per heavy atom. The van der Waals surface area contributed by atoms with Crippen LogP contribution in [0.2, 0.25) is 0 Å². The van der Waals surface area contributed by atoms with Crippen LogP contribution in [0.15, 0.2) is 30.3 Å². The minimum atomic E-state index is -0.886. The van der Waals surface area contributed by atoms with Crippen molar-refractivity contribution in [1.82, 2.24) is 5.32 Å². The lowest BCUT2D eigenvalue weighted by molar-refractivity contribution is -0.127. The molecule has 2 N–H and O–H groups in total. The Labute approximate surface area is 116 Å². The van der Waals surface area contributed by atoms with Gasteiger partial charge in [0.2, 0.25) is 5.91 Å². The molecule has 0 spiro atoms. The van der Waals surface area contributed by atoms with E-state index in [-0.39, 0.29) is 18.4 Å². The Hall–Kier alpha value is -1.35. The van der Waals surface area contributed by atoms with E-state index >= 15 is 0 Å². The van der Waals surface area contributed by atoms with E-state index in [1.807, 2.05) is 58.0 Å². The molecule has 1 unspecified atom stereocenters. The summed E-state index contributed by atoms with van der Waals surface area (Å²) in [5, 5.41) is 13.0. The van der Waals surface area contributed by atoms with Crippen molar-refractivity contribution in [2.45, 2.75) is 45.6 Å². The van der Waals surface area contributed by atoms with Crippen LogP contribution in [0.5, 0.6) is 0 Å². The minimum Gasteiger partial charge on any atom is -0.388 e. The lowest BCUT2D eigenvalue weighted by atomic mass is 9.83. The largest absolute Gasteiger partial charge is 0.388 e. The predicted molar refractivity (Wildman–Crippen MR) is 77.9 cm³/mol. The molecule has 19 heavy (non-hydrogen) atoms. The zero-order chi connectivity index (χ0) is 14.7. The van der Waals surface area contributed by atoms with Gasteiger partial charge in [0.1, 0.15) is 0 Å². The topological polar surface area (TPSA) is 49.3 Å². The lowest BCUT2D eigenvalue weighted by Gasteiger charge is -2.31. The fourth-order valence-electron chi connectivity index (χ4n) is 1.67. The fourth-order valence-corrected chi connectivity index (χ4v) is 1.67. The average Bonchev–Trinajstić information content (AvgIpc) is 2.36. The molecule has 0 saturated carbocycles. The molecule has 1 atom stereocenters. The molecule has 0 aliphatic rings. The van der Waals surface area contributed by atoms with Crippen molar-refractivity contribution in [3.8, 4) is 0 Å². The highest BCUT2D eigenvalue weighted by Crippen LogP contribution is 2.23. The minimum absolute atomic E-state index is 0.0698. The van der Waals surface area contributed by atoms with E-state index in [0.717, 1.165) is 5.56 Å². The smallest absolute Gasteiger partial charge is 0.230 e. The van der Waals surface area contributed by atoms with Crippen molar-refractivity contribution in [3.63, 3.8) is 0 Å². The predicted octanol–water partition coefficient (Wildman–Crippen LogP) is 2.49. The first kappa shape index (κ1) is 15.7. The van der Waals surface area contributed by atoms with Gasteiger partial charge in [0.15, 0.2) is 0 Å². The summed E-state index contributed by atoms with van der Waals surface area (Å²) in [6, 6.07) is 9.67. The van der Waals surface area contributed by atoms with Crippen LogP contribution in [0.3, 0.4) is 0 Å². The van der Waals surface area contributed by atoms with Crippen molar-refractivity contribution >= 4 is 5.91 Å². The van der Waals surface area contributed by atoms with Gasteiger partial charge in [-0.2, -0.15) is 0 Å². The molecule has 0 aromatic heterocycles. The number of aliphatic hydroxyl groups is 1. The highest BCUT2D eigenvalue weighted by Gasteiger charge is 2.32. The molecule has 0 aliphatic heterocycles. The maximum Gasteiger partial charge on any atom is 0.230 e. The molecule has 3 heteroatoms. The first-order chi connectivity index (χ1) is 8.68. The molecular weight excluding hydrogens is 238 g/mol. The second kappa shape index (κ2) is 5.74. The van der Waals surface area contributed by atoms with Crippen LogP contribution in [0.1, 0.15) is 40.2 Å². The quantitative estimate of drug-likeness (QED) is 0.857. The van der Waals surface area contributed by atoms with Crippen molar-refractivity contribution < 1.29 is 9.90 Å². The molecule has 3 nitrogen and oxygen atoms in total. The molecule has 106 valence electrons. The number of benzene rings is 1. The number of rotatable bonds is 5. The van der Waals surface area contributed by atoms with Crippen LogP contribution in [-0.4, -0.2) is 23.2 Å². The van der Waals surface area contributed by atoms with Gasteiger partial charge in [0, 0.05) is 6.54 Å². The number of hydrogen-bond acceptors (Lipinski definition) is 2. The van der Waals surface area contributed by atoms with E-state index in [1.54, 1.807) is 6.92 Å². The average molecular weight is 263 g/mol. The molecule has 0 saturated heterocycles. The van der Waals surface area contributed by atoms with Gasteiger partial charge < -0.3 is 10.4 Å². The van der Waals surface area contributed by atoms with Gasteiger partial charge in [-0.3, -0.25) is 4.79 Å². The first-order valence-electron chi connectivity index (χ1n) is 6.74. The van der Waals surface area contributed by atoms with Crippen molar-refractivity contribution in [1.29, 1.82) is 0 Å². The third-order valence-corrected chi connectivity index (χ3v) is 3.91. The third-order valence-electron chi connectivity index (χ3n) is 3.91. The van der Waals surface area contributed by atoms with Crippen LogP contribution in [0.4, 0.5) is 0 Å². The van der Waals surface area contributed by atoms with Crippen LogP contribution in [-0.2, 0) is 10.2 Å². The van der Waals surface area contributed by atoms with E-state index in [1.165, 1.54) is 0 Å². The summed E-state index contributed by atoms with van der Waals surface area (Å²) in [6.45, 7) is 9.67. The van der Waals surface area contributed by atoms with E-state index in [9.17, 15) is 9.90 Å². The molecule has 0 radical (unpaired) electrons. The number of amides is 1. The van der Waals surface area contributed by atoms with Crippen molar-refractivity contribution in [3.05, 3.63) is 35.9 Å². The molecule has 1 aromatic carbocycles. The first-order valence-corrected chi connectivity index (χ1v) is 6.74. The summed E-state index contributed by atoms with van der Waals surface area (Å²) in [4.78, 5) is 12.3. The van der Waals surface area contributed by atoms with E-state index in [0.29, 0.717) is 0 Å². The van der Waals surface area contributed by atoms with Gasteiger partial charge in [0.25, 0.3) is 0 Å². The van der Waals surface area contributed by atoms with E-state index in [4.69, 9.17) is 0 Å². The van der Waals surface area contributed by atoms with E-state index in [2.05, 4.69) is 5.32 Å². The van der Waals surface area contributed by atoms with Crippen LogP contribution >= 0.6 is 0 Å². The number of hydrogen-bond donors (Lipinski definition) is 2. The van der Waals surface area contributed by atoms with E-state index < -0.39 is 11.0 Å². The lowest BCUT2D eigenvalue weighted by Crippen LogP contribution is -2.49. The standard InChI is InChI=1S/C16H25NO2/c1-12(2)16(5,19)11-17-14(18)15(3,4)13-9-7-6-8-10-13/h6-10,12,19H,11H2,1-5H3,(H,17,18). The number of carbonyl (C=O) groups is 1. The van der Waals surface area contributed by atoms with Gasteiger partial charge in [0.05, 0.1) is 11.0 Å². The Bertz CT molecular complexity index is 422. The van der Waals surface area contributed by atoms with Gasteiger partial charge in [-0.05, 0) is 32.3 Å². The van der Waals surface area contributed by atoms with Gasteiger partial charge in [-0.15, -0.1) is 0 Å². The van der Waals surface area contributed by atoms with Gasteiger partial charge in [-0.1, -0.05) is 44.2 Å². The molecule has 0 aliphatic carbocycles. The highest BCUT2D eigenvalue weighted by molar-refractivity contribution is 5.87. The Morgan fingerprint density at radius 2 is 1.74 bits per heavy atom. The molecular formula is C16H25NO2. The van der Waals surface area contributed by atoms with Crippen LogP contribution < -0.4 is 5.32 Å². The molecule has 0 heterocycles. The zero-order valence-corrected chi connectivity index (χ0v) is 12.5. The zero-order valence-electron chi connectivity index (χ0n) is 12.5. The fraction of sp³-hybridized carbons (Fsp3) is 0.562. The van der Waals surface area contributed by atoms with Crippen molar-refractivity contribution in [2.24, 2.45) is 5.92 Å². The maximum atomic E-state index is 12.3. The molecule has 1 rings (SSSR count). The van der Waals surface area contributed by atoms with Crippen LogP contribution in [0, 0.1) is 5.92 Å². The number of carbonyl (C=O) groups excluding carboxylic acids is 1. The maximum absolute atomic E-state index is 12.3.